The van der Waals surface area contributed by atoms with Crippen molar-refractivity contribution >= 4 is 17.8 Å². The minimum Gasteiger partial charge on any atom is -0.489 e. The number of ether oxygens (including phenoxy) is 1. The maximum absolute atomic E-state index is 14.0. The van der Waals surface area contributed by atoms with E-state index in [2.05, 4.69) is 0 Å². The van der Waals surface area contributed by atoms with Gasteiger partial charge in [-0.2, -0.15) is 13.2 Å². The summed E-state index contributed by atoms with van der Waals surface area (Å²) in [6, 6.07) is 6.93. The molecule has 0 heterocycles. The van der Waals surface area contributed by atoms with E-state index in [9.17, 15) is 31.9 Å². The third-order valence-corrected chi connectivity index (χ3v) is 3.94. The van der Waals surface area contributed by atoms with Gasteiger partial charge < -0.3 is 20.3 Å². The summed E-state index contributed by atoms with van der Waals surface area (Å²) in [5, 5.41) is 19.5. The molecule has 0 aliphatic heterocycles. The molecule has 160 valence electrons. The van der Waals surface area contributed by atoms with Crippen LogP contribution in [0.2, 0.25) is 0 Å². The summed E-state index contributed by atoms with van der Waals surface area (Å²) >= 11 is 0. The first-order valence-electron chi connectivity index (χ1n) is 8.32. The van der Waals surface area contributed by atoms with E-state index in [4.69, 9.17) is 14.9 Å². The summed E-state index contributed by atoms with van der Waals surface area (Å²) in [5.41, 5.74) is -1.29. The molecule has 0 aromatic heterocycles. The first kappa shape index (κ1) is 22.7. The van der Waals surface area contributed by atoms with E-state index in [0.717, 1.165) is 12.1 Å². The van der Waals surface area contributed by atoms with Crippen molar-refractivity contribution in [3.8, 4) is 5.75 Å². The summed E-state index contributed by atoms with van der Waals surface area (Å²) in [4.78, 5) is 32.8. The largest absolute Gasteiger partial charge is 0.489 e. The molecule has 2 aromatic carbocycles. The second kappa shape index (κ2) is 9.25. The van der Waals surface area contributed by atoms with E-state index in [-0.39, 0.29) is 17.7 Å². The van der Waals surface area contributed by atoms with Crippen LogP contribution < -0.4 is 10.1 Å². The average molecular weight is 429 g/mol. The zero-order valence-corrected chi connectivity index (χ0v) is 15.1. The number of carbonyl (C=O) groups is 3. The van der Waals surface area contributed by atoms with Gasteiger partial charge >= 0.3 is 24.0 Å². The quantitative estimate of drug-likeness (QED) is 0.461. The molecule has 0 unspecified atom stereocenters. The van der Waals surface area contributed by atoms with E-state index in [1.165, 1.54) is 24.3 Å². The lowest BCUT2D eigenvalue weighted by atomic mass is 10.1. The molecule has 0 aliphatic carbocycles. The van der Waals surface area contributed by atoms with Crippen molar-refractivity contribution in [3.63, 3.8) is 0 Å². The number of halogens is 4. The Morgan fingerprint density at radius 1 is 1.03 bits per heavy atom. The van der Waals surface area contributed by atoms with Crippen LogP contribution in [0.4, 0.5) is 17.6 Å². The number of benzene rings is 2. The van der Waals surface area contributed by atoms with Gasteiger partial charge in [-0.15, -0.1) is 0 Å². The van der Waals surface area contributed by atoms with E-state index in [1.807, 2.05) is 5.32 Å². The zero-order chi connectivity index (χ0) is 22.5. The van der Waals surface area contributed by atoms with E-state index >= 15 is 0 Å². The lowest BCUT2D eigenvalue weighted by molar-refractivity contribution is -0.152. The van der Waals surface area contributed by atoms with E-state index in [0.29, 0.717) is 11.6 Å². The number of carboxylic acid groups (broad SMARTS) is 2. The highest BCUT2D eigenvalue weighted by molar-refractivity contribution is 6.31. The number of carboxylic acids is 2. The molecule has 1 atom stereocenters. The summed E-state index contributed by atoms with van der Waals surface area (Å²) in [7, 11) is 0. The van der Waals surface area contributed by atoms with Crippen molar-refractivity contribution in [1.82, 2.24) is 5.32 Å². The van der Waals surface area contributed by atoms with Crippen molar-refractivity contribution in [3.05, 3.63) is 65.0 Å². The van der Waals surface area contributed by atoms with Gasteiger partial charge in [0.2, 0.25) is 0 Å². The standard InChI is InChI=1S/C19H15F4NO6/c20-15-11(2-1-3-13(15)19(21,22)23)9-30-12-6-4-10(5-7-12)8-14(17(26)27)24-16(25)18(28)29/h1-7,14H,8-9H2,(H,24,25)(H,26,27)(H,28,29)/t14-/m1/s1. The average Bonchev–Trinajstić information content (AvgIpc) is 2.66. The van der Waals surface area contributed by atoms with Crippen molar-refractivity contribution in [1.29, 1.82) is 0 Å². The molecule has 0 aliphatic rings. The first-order valence-corrected chi connectivity index (χ1v) is 8.32. The van der Waals surface area contributed by atoms with Gasteiger partial charge in [0.1, 0.15) is 24.2 Å². The number of aliphatic carboxylic acids is 2. The Hall–Kier alpha value is -3.63. The molecule has 2 rings (SSSR count). The molecule has 7 nitrogen and oxygen atoms in total. The van der Waals surface area contributed by atoms with Crippen LogP contribution in [0, 0.1) is 5.82 Å². The van der Waals surface area contributed by atoms with Gasteiger partial charge in [0.25, 0.3) is 0 Å². The van der Waals surface area contributed by atoms with Crippen LogP contribution in [0.1, 0.15) is 16.7 Å². The molecule has 0 saturated carbocycles. The third kappa shape index (κ3) is 5.93. The second-order valence-electron chi connectivity index (χ2n) is 6.08. The number of alkyl halides is 3. The Kier molecular flexibility index (Phi) is 6.98. The van der Waals surface area contributed by atoms with Gasteiger partial charge in [-0.1, -0.05) is 24.3 Å². The van der Waals surface area contributed by atoms with Gasteiger partial charge in [0.05, 0.1) is 5.56 Å². The maximum Gasteiger partial charge on any atom is 0.419 e. The van der Waals surface area contributed by atoms with Crippen molar-refractivity contribution in [2.24, 2.45) is 0 Å². The molecular weight excluding hydrogens is 414 g/mol. The van der Waals surface area contributed by atoms with Crippen LogP contribution >= 0.6 is 0 Å². The Morgan fingerprint density at radius 3 is 2.20 bits per heavy atom. The molecule has 0 radical (unpaired) electrons. The van der Waals surface area contributed by atoms with Gasteiger partial charge in [-0.25, -0.2) is 14.0 Å². The third-order valence-electron chi connectivity index (χ3n) is 3.94. The van der Waals surface area contributed by atoms with Crippen LogP contribution in [-0.2, 0) is 33.6 Å². The predicted octanol–water partition coefficient (Wildman–Crippen LogP) is 2.62. The highest BCUT2D eigenvalue weighted by Crippen LogP contribution is 2.32. The highest BCUT2D eigenvalue weighted by Gasteiger charge is 2.34. The minimum absolute atomic E-state index is 0.178. The Bertz CT molecular complexity index is 943. The van der Waals surface area contributed by atoms with Gasteiger partial charge in [0.15, 0.2) is 0 Å². The molecule has 0 saturated heterocycles. The molecule has 30 heavy (non-hydrogen) atoms. The van der Waals surface area contributed by atoms with Gasteiger partial charge in [-0.3, -0.25) is 4.79 Å². The van der Waals surface area contributed by atoms with Crippen LogP contribution in [0.25, 0.3) is 0 Å². The topological polar surface area (TPSA) is 113 Å². The van der Waals surface area contributed by atoms with Gasteiger partial charge in [-0.05, 0) is 23.8 Å². The van der Waals surface area contributed by atoms with E-state index < -0.39 is 48.1 Å². The summed E-state index contributed by atoms with van der Waals surface area (Å²) in [6.45, 7) is -0.471. The van der Waals surface area contributed by atoms with E-state index in [1.54, 1.807) is 0 Å². The molecule has 2 aromatic rings. The Labute approximate surface area is 166 Å². The normalized spacial score (nSPS) is 12.1. The first-order chi connectivity index (χ1) is 14.0. The number of hydrogen-bond donors (Lipinski definition) is 3. The number of amides is 1. The summed E-state index contributed by atoms with van der Waals surface area (Å²) < 4.78 is 57.5. The van der Waals surface area contributed by atoms with Crippen LogP contribution in [0.3, 0.4) is 0 Å². The maximum atomic E-state index is 14.0. The summed E-state index contributed by atoms with van der Waals surface area (Å²) in [5.74, 6) is -5.99. The fourth-order valence-electron chi connectivity index (χ4n) is 2.45. The van der Waals surface area contributed by atoms with Crippen LogP contribution in [0.15, 0.2) is 42.5 Å². The lowest BCUT2D eigenvalue weighted by Gasteiger charge is -2.14. The van der Waals surface area contributed by atoms with Crippen molar-refractivity contribution < 1.29 is 46.9 Å². The number of rotatable bonds is 7. The number of carbonyl (C=O) groups excluding carboxylic acids is 1. The molecule has 3 N–H and O–H groups in total. The zero-order valence-electron chi connectivity index (χ0n) is 15.1. The number of nitrogens with one attached hydrogen (secondary N) is 1. The Morgan fingerprint density at radius 2 is 1.67 bits per heavy atom. The molecule has 11 heteroatoms. The molecule has 0 spiro atoms. The predicted molar refractivity (Wildman–Crippen MR) is 93.1 cm³/mol. The molecular formula is C19H15F4NO6. The summed E-state index contributed by atoms with van der Waals surface area (Å²) in [6.07, 6.45) is -5.06. The molecule has 0 bridgehead atoms. The molecule has 0 fully saturated rings. The van der Waals surface area contributed by atoms with Gasteiger partial charge in [0, 0.05) is 12.0 Å². The van der Waals surface area contributed by atoms with Crippen molar-refractivity contribution in [2.45, 2.75) is 25.2 Å². The highest BCUT2D eigenvalue weighted by atomic mass is 19.4. The SMILES string of the molecule is O=C(O)C(=O)N[C@H](Cc1ccc(OCc2cccc(C(F)(F)F)c2F)cc1)C(=O)O. The smallest absolute Gasteiger partial charge is 0.419 e. The minimum atomic E-state index is -4.83. The van der Waals surface area contributed by atoms with Crippen LogP contribution in [-0.4, -0.2) is 34.1 Å². The number of hydrogen-bond acceptors (Lipinski definition) is 4. The van der Waals surface area contributed by atoms with Crippen molar-refractivity contribution in [2.75, 3.05) is 0 Å². The molecule has 1 amide bonds. The fourth-order valence-corrected chi connectivity index (χ4v) is 2.45. The monoisotopic (exact) mass is 429 g/mol. The fraction of sp³-hybridized carbons (Fsp3) is 0.211. The Balaban J connectivity index is 2.04. The second-order valence-corrected chi connectivity index (χ2v) is 6.08. The lowest BCUT2D eigenvalue weighted by Crippen LogP contribution is -2.45. The van der Waals surface area contributed by atoms with Crippen LogP contribution in [0.5, 0.6) is 5.75 Å².